The summed E-state index contributed by atoms with van der Waals surface area (Å²) in [5.74, 6) is -0.732. The molecule has 7 heteroatoms. The van der Waals surface area contributed by atoms with Crippen LogP contribution < -0.4 is 0 Å². The zero-order chi connectivity index (χ0) is 16.0. The van der Waals surface area contributed by atoms with Gasteiger partial charge in [0, 0.05) is 5.56 Å². The van der Waals surface area contributed by atoms with Crippen molar-refractivity contribution < 1.29 is 19.3 Å². The van der Waals surface area contributed by atoms with E-state index in [-0.39, 0.29) is 0 Å². The summed E-state index contributed by atoms with van der Waals surface area (Å²) in [7, 11) is 0. The van der Waals surface area contributed by atoms with Crippen LogP contribution in [0.2, 0.25) is 0 Å². The van der Waals surface area contributed by atoms with Gasteiger partial charge in [-0.2, -0.15) is 0 Å². The van der Waals surface area contributed by atoms with Crippen molar-refractivity contribution in [1.82, 2.24) is 15.0 Å². The average molecular weight is 317 g/mol. The van der Waals surface area contributed by atoms with E-state index in [1.54, 1.807) is 24.7 Å². The monoisotopic (exact) mass is 317 g/mol. The summed E-state index contributed by atoms with van der Waals surface area (Å²) in [4.78, 5) is 0. The van der Waals surface area contributed by atoms with Crippen molar-refractivity contribution in [1.29, 1.82) is 0 Å². The highest BCUT2D eigenvalue weighted by Gasteiger charge is 2.54. The summed E-state index contributed by atoms with van der Waals surface area (Å²) in [6.07, 6.45) is -0.541. The number of rotatable bonds is 3. The molecule has 0 spiro atoms. The second-order valence-electron chi connectivity index (χ2n) is 6.30. The van der Waals surface area contributed by atoms with Gasteiger partial charge in [0.2, 0.25) is 0 Å². The molecule has 0 saturated carbocycles. The third-order valence-corrected chi connectivity index (χ3v) is 4.15. The number of hydrogen-bond donors (Lipinski definition) is 1. The van der Waals surface area contributed by atoms with Crippen molar-refractivity contribution in [2.24, 2.45) is 0 Å². The molecule has 2 aromatic rings. The second kappa shape index (κ2) is 5.38. The fraction of sp³-hybridized carbons (Fsp3) is 0.500. The Labute approximate surface area is 133 Å². The lowest BCUT2D eigenvalue weighted by atomic mass is 10.1. The molecule has 4 atom stereocenters. The number of aliphatic hydroxyl groups is 1. The Balaban J connectivity index is 1.52. The Kier molecular flexibility index (Phi) is 3.46. The standard InChI is InChI=1S/C16H19N3O4/c1-16(2)22-14-13(20)12(21-15(14)23-16)9-19-11(8-17-18-19)10-6-4-3-5-7-10/h3-8,12-15,20H,9H2,1-2H3/t12-,13+,14-,15-/m1/s1. The quantitative estimate of drug-likeness (QED) is 0.916. The maximum Gasteiger partial charge on any atom is 0.190 e. The average Bonchev–Trinajstić information content (AvgIpc) is 3.17. The molecule has 1 aromatic carbocycles. The number of fused-ring (bicyclic) bond motifs is 1. The van der Waals surface area contributed by atoms with Crippen LogP contribution >= 0.6 is 0 Å². The molecular weight excluding hydrogens is 298 g/mol. The van der Waals surface area contributed by atoms with E-state index >= 15 is 0 Å². The van der Waals surface area contributed by atoms with Crippen molar-refractivity contribution >= 4 is 0 Å². The summed E-state index contributed by atoms with van der Waals surface area (Å²) < 4.78 is 18.9. The third kappa shape index (κ3) is 2.66. The SMILES string of the molecule is CC1(C)O[C@H]2O[C@H](Cn3nncc3-c3ccccc3)[C@H](O)[C@H]2O1. The zero-order valence-electron chi connectivity index (χ0n) is 13.0. The van der Waals surface area contributed by atoms with Gasteiger partial charge in [0.05, 0.1) is 18.4 Å². The van der Waals surface area contributed by atoms with Gasteiger partial charge in [0.25, 0.3) is 0 Å². The fourth-order valence-corrected chi connectivity index (χ4v) is 3.10. The number of aromatic nitrogens is 3. The first-order chi connectivity index (χ1) is 11.0. The summed E-state index contributed by atoms with van der Waals surface area (Å²) in [6.45, 7) is 3.99. The second-order valence-corrected chi connectivity index (χ2v) is 6.30. The molecule has 23 heavy (non-hydrogen) atoms. The van der Waals surface area contributed by atoms with Crippen LogP contribution in [0, 0.1) is 0 Å². The third-order valence-electron chi connectivity index (χ3n) is 4.15. The van der Waals surface area contributed by atoms with E-state index in [1.165, 1.54) is 0 Å². The lowest BCUT2D eigenvalue weighted by Gasteiger charge is -2.23. The molecule has 4 rings (SSSR count). The molecule has 2 fully saturated rings. The van der Waals surface area contributed by atoms with E-state index in [4.69, 9.17) is 14.2 Å². The van der Waals surface area contributed by atoms with Gasteiger partial charge in [-0.1, -0.05) is 35.5 Å². The molecule has 0 aliphatic carbocycles. The number of ether oxygens (including phenoxy) is 3. The largest absolute Gasteiger partial charge is 0.387 e. The molecule has 0 unspecified atom stereocenters. The van der Waals surface area contributed by atoms with Crippen LogP contribution in [-0.2, 0) is 20.8 Å². The molecule has 0 amide bonds. The van der Waals surface area contributed by atoms with Crippen LogP contribution in [0.15, 0.2) is 36.5 Å². The Morgan fingerprint density at radius 2 is 2.00 bits per heavy atom. The van der Waals surface area contributed by atoms with Crippen molar-refractivity contribution in [3.05, 3.63) is 36.5 Å². The zero-order valence-corrected chi connectivity index (χ0v) is 13.0. The van der Waals surface area contributed by atoms with Crippen LogP contribution in [0.4, 0.5) is 0 Å². The van der Waals surface area contributed by atoms with Gasteiger partial charge in [-0.05, 0) is 13.8 Å². The molecule has 0 radical (unpaired) electrons. The molecule has 2 aliphatic rings. The van der Waals surface area contributed by atoms with Crippen molar-refractivity contribution in [3.63, 3.8) is 0 Å². The van der Waals surface area contributed by atoms with E-state index in [1.807, 2.05) is 30.3 Å². The molecular formula is C16H19N3O4. The number of aliphatic hydroxyl groups excluding tert-OH is 1. The van der Waals surface area contributed by atoms with Gasteiger partial charge in [-0.25, -0.2) is 4.68 Å². The van der Waals surface area contributed by atoms with Crippen LogP contribution in [0.1, 0.15) is 13.8 Å². The van der Waals surface area contributed by atoms with Gasteiger partial charge in [-0.3, -0.25) is 0 Å². The van der Waals surface area contributed by atoms with Crippen molar-refractivity contribution in [2.75, 3.05) is 0 Å². The predicted octanol–water partition coefficient (Wildman–Crippen LogP) is 1.18. The van der Waals surface area contributed by atoms with E-state index in [0.29, 0.717) is 6.54 Å². The Morgan fingerprint density at radius 1 is 1.22 bits per heavy atom. The van der Waals surface area contributed by atoms with Crippen molar-refractivity contribution in [3.8, 4) is 11.3 Å². The summed E-state index contributed by atoms with van der Waals surface area (Å²) in [6, 6.07) is 9.86. The predicted molar refractivity (Wildman–Crippen MR) is 80.2 cm³/mol. The normalized spacial score (nSPS) is 32.1. The van der Waals surface area contributed by atoms with Crippen LogP contribution in [0.25, 0.3) is 11.3 Å². The molecule has 1 N–H and O–H groups in total. The van der Waals surface area contributed by atoms with E-state index in [2.05, 4.69) is 10.3 Å². The minimum atomic E-state index is -0.769. The van der Waals surface area contributed by atoms with E-state index < -0.39 is 30.4 Å². The highest BCUT2D eigenvalue weighted by Crippen LogP contribution is 2.37. The fourth-order valence-electron chi connectivity index (χ4n) is 3.10. The highest BCUT2D eigenvalue weighted by atomic mass is 16.8. The minimum absolute atomic E-state index is 0.380. The van der Waals surface area contributed by atoms with Gasteiger partial charge in [-0.15, -0.1) is 5.10 Å². The molecule has 122 valence electrons. The van der Waals surface area contributed by atoms with Crippen LogP contribution in [0.3, 0.4) is 0 Å². The molecule has 1 aromatic heterocycles. The molecule has 2 saturated heterocycles. The lowest BCUT2D eigenvalue weighted by molar-refractivity contribution is -0.216. The first kappa shape index (κ1) is 14.8. The highest BCUT2D eigenvalue weighted by molar-refractivity contribution is 5.57. The van der Waals surface area contributed by atoms with Crippen LogP contribution in [0.5, 0.6) is 0 Å². The first-order valence-corrected chi connectivity index (χ1v) is 7.66. The van der Waals surface area contributed by atoms with Gasteiger partial charge < -0.3 is 19.3 Å². The Morgan fingerprint density at radius 3 is 2.74 bits per heavy atom. The van der Waals surface area contributed by atoms with E-state index in [0.717, 1.165) is 11.3 Å². The molecule has 7 nitrogen and oxygen atoms in total. The maximum atomic E-state index is 10.5. The van der Waals surface area contributed by atoms with Gasteiger partial charge >= 0.3 is 0 Å². The molecule has 2 aliphatic heterocycles. The Bertz CT molecular complexity index is 688. The minimum Gasteiger partial charge on any atom is -0.387 e. The smallest absolute Gasteiger partial charge is 0.190 e. The van der Waals surface area contributed by atoms with Crippen LogP contribution in [-0.4, -0.2) is 50.5 Å². The molecule has 3 heterocycles. The molecule has 0 bridgehead atoms. The maximum absolute atomic E-state index is 10.5. The van der Waals surface area contributed by atoms with Crippen molar-refractivity contribution in [2.45, 2.75) is 50.8 Å². The lowest BCUT2D eigenvalue weighted by Crippen LogP contribution is -2.36. The Hall–Kier alpha value is -1.80. The topological polar surface area (TPSA) is 78.6 Å². The summed E-state index contributed by atoms with van der Waals surface area (Å²) in [5, 5.41) is 18.5. The number of benzene rings is 1. The summed E-state index contributed by atoms with van der Waals surface area (Å²) in [5.41, 5.74) is 1.89. The van der Waals surface area contributed by atoms with Gasteiger partial charge in [0.15, 0.2) is 12.1 Å². The van der Waals surface area contributed by atoms with Gasteiger partial charge in [0.1, 0.15) is 18.3 Å². The number of hydrogen-bond acceptors (Lipinski definition) is 6. The summed E-state index contributed by atoms with van der Waals surface area (Å²) >= 11 is 0. The first-order valence-electron chi connectivity index (χ1n) is 7.66. The number of nitrogens with zero attached hydrogens (tertiary/aromatic N) is 3. The van der Waals surface area contributed by atoms with E-state index in [9.17, 15) is 5.11 Å².